The van der Waals surface area contributed by atoms with Crippen LogP contribution in [0.5, 0.6) is 0 Å². The molecule has 0 aliphatic carbocycles. The van der Waals surface area contributed by atoms with Gasteiger partial charge in [0.2, 0.25) is 0 Å². The Hall–Kier alpha value is -1.87. The van der Waals surface area contributed by atoms with E-state index in [1.54, 1.807) is 18.3 Å². The van der Waals surface area contributed by atoms with Crippen LogP contribution in [0.15, 0.2) is 42.9 Å². The van der Waals surface area contributed by atoms with Crippen LogP contribution in [-0.4, -0.2) is 9.38 Å². The van der Waals surface area contributed by atoms with Crippen LogP contribution in [0.4, 0.5) is 4.39 Å². The zero-order valence-electron chi connectivity index (χ0n) is 11.3. The van der Waals surface area contributed by atoms with Gasteiger partial charge in [-0.2, -0.15) is 0 Å². The van der Waals surface area contributed by atoms with E-state index in [0.29, 0.717) is 27.4 Å². The summed E-state index contributed by atoms with van der Waals surface area (Å²) in [4.78, 5) is 4.28. The van der Waals surface area contributed by atoms with E-state index in [1.807, 2.05) is 42.8 Å². The fraction of sp³-hybridized carbons (Fsp3) is 0.188. The molecule has 0 fully saturated rings. The second-order valence-electron chi connectivity index (χ2n) is 5.06. The van der Waals surface area contributed by atoms with Crippen molar-refractivity contribution in [2.45, 2.75) is 19.8 Å². The van der Waals surface area contributed by atoms with Crippen LogP contribution in [0, 0.1) is 5.82 Å². The van der Waals surface area contributed by atoms with Gasteiger partial charge in [0.15, 0.2) is 0 Å². The highest BCUT2D eigenvalue weighted by Gasteiger charge is 2.17. The number of benzene rings is 1. The van der Waals surface area contributed by atoms with Gasteiger partial charge in [0.1, 0.15) is 11.5 Å². The molecule has 102 valence electrons. The predicted octanol–water partition coefficient (Wildman–Crippen LogP) is 4.92. The van der Waals surface area contributed by atoms with E-state index < -0.39 is 0 Å². The number of fused-ring (bicyclic) bond motifs is 1. The Balaban J connectivity index is 2.34. The molecule has 20 heavy (non-hydrogen) atoms. The third kappa shape index (κ3) is 1.98. The molecule has 0 N–H and O–H groups in total. The molecule has 3 aromatic rings. The molecule has 1 aromatic carbocycles. The molecule has 2 aromatic heterocycles. The zero-order valence-corrected chi connectivity index (χ0v) is 12.0. The molecule has 0 saturated heterocycles. The van der Waals surface area contributed by atoms with Gasteiger partial charge in [-0.1, -0.05) is 43.6 Å². The SMILES string of the molecule is CC(C)c1cccc(-c2c(Cl)ccn3ccnc23)c1F. The summed E-state index contributed by atoms with van der Waals surface area (Å²) in [7, 11) is 0. The van der Waals surface area contributed by atoms with Gasteiger partial charge in [-0.25, -0.2) is 9.37 Å². The summed E-state index contributed by atoms with van der Waals surface area (Å²) in [5.41, 5.74) is 2.49. The first-order valence-corrected chi connectivity index (χ1v) is 6.87. The standard InChI is InChI=1S/C16H14ClFN2/c1-10(2)11-4-3-5-12(15(11)18)14-13(17)6-8-20-9-7-19-16(14)20/h3-10H,1-2H3. The maximum atomic E-state index is 14.7. The van der Waals surface area contributed by atoms with Crippen molar-refractivity contribution in [1.29, 1.82) is 0 Å². The molecule has 4 heteroatoms. The predicted molar refractivity (Wildman–Crippen MR) is 79.7 cm³/mol. The highest BCUT2D eigenvalue weighted by Crippen LogP contribution is 2.35. The lowest BCUT2D eigenvalue weighted by Crippen LogP contribution is -1.97. The molecule has 0 unspecified atom stereocenters. The smallest absolute Gasteiger partial charge is 0.146 e. The summed E-state index contributed by atoms with van der Waals surface area (Å²) >= 11 is 6.28. The van der Waals surface area contributed by atoms with Gasteiger partial charge in [0, 0.05) is 29.7 Å². The first kappa shape index (κ1) is 13.1. The van der Waals surface area contributed by atoms with Gasteiger partial charge in [-0.15, -0.1) is 0 Å². The van der Waals surface area contributed by atoms with E-state index in [1.165, 1.54) is 0 Å². The number of nitrogens with zero attached hydrogens (tertiary/aromatic N) is 2. The summed E-state index contributed by atoms with van der Waals surface area (Å²) in [6, 6.07) is 7.17. The van der Waals surface area contributed by atoms with Crippen LogP contribution in [0.3, 0.4) is 0 Å². The molecule has 0 saturated carbocycles. The minimum absolute atomic E-state index is 0.119. The highest BCUT2D eigenvalue weighted by atomic mass is 35.5. The largest absolute Gasteiger partial charge is 0.307 e. The monoisotopic (exact) mass is 288 g/mol. The third-order valence-corrected chi connectivity index (χ3v) is 3.75. The van der Waals surface area contributed by atoms with Crippen molar-refractivity contribution in [2.75, 3.05) is 0 Å². The fourth-order valence-electron chi connectivity index (χ4n) is 2.40. The molecule has 0 atom stereocenters. The maximum Gasteiger partial charge on any atom is 0.146 e. The lowest BCUT2D eigenvalue weighted by molar-refractivity contribution is 0.602. The van der Waals surface area contributed by atoms with Gasteiger partial charge in [0.05, 0.1) is 5.02 Å². The first-order valence-electron chi connectivity index (χ1n) is 6.49. The van der Waals surface area contributed by atoms with E-state index in [9.17, 15) is 4.39 Å². The van der Waals surface area contributed by atoms with E-state index in [-0.39, 0.29) is 11.7 Å². The van der Waals surface area contributed by atoms with Crippen LogP contribution >= 0.6 is 11.6 Å². The van der Waals surface area contributed by atoms with Gasteiger partial charge in [-0.3, -0.25) is 0 Å². The van der Waals surface area contributed by atoms with Crippen LogP contribution in [-0.2, 0) is 0 Å². The number of hydrogen-bond donors (Lipinski definition) is 0. The molecule has 3 rings (SSSR count). The van der Waals surface area contributed by atoms with Crippen LogP contribution < -0.4 is 0 Å². The van der Waals surface area contributed by atoms with E-state index in [2.05, 4.69) is 4.98 Å². The number of pyridine rings is 1. The average molecular weight is 289 g/mol. The van der Waals surface area contributed by atoms with E-state index in [0.717, 1.165) is 0 Å². The third-order valence-electron chi connectivity index (χ3n) is 3.43. The summed E-state index contributed by atoms with van der Waals surface area (Å²) in [6.07, 6.45) is 5.32. The number of rotatable bonds is 2. The Labute approximate surface area is 121 Å². The lowest BCUT2D eigenvalue weighted by Gasteiger charge is -2.13. The van der Waals surface area contributed by atoms with Crippen molar-refractivity contribution in [2.24, 2.45) is 0 Å². The van der Waals surface area contributed by atoms with Crippen LogP contribution in [0.2, 0.25) is 5.02 Å². The number of aromatic nitrogens is 2. The fourth-order valence-corrected chi connectivity index (χ4v) is 2.64. The molecule has 0 bridgehead atoms. The molecule has 0 aliphatic rings. The van der Waals surface area contributed by atoms with Crippen molar-refractivity contribution in [3.63, 3.8) is 0 Å². The summed E-state index contributed by atoms with van der Waals surface area (Å²) in [5, 5.41) is 0.503. The topological polar surface area (TPSA) is 17.3 Å². The van der Waals surface area contributed by atoms with Gasteiger partial charge < -0.3 is 4.40 Å². The van der Waals surface area contributed by atoms with Crippen LogP contribution in [0.25, 0.3) is 16.8 Å². The molecule has 0 radical (unpaired) electrons. The minimum atomic E-state index is -0.222. The van der Waals surface area contributed by atoms with Gasteiger partial charge in [-0.05, 0) is 17.5 Å². The average Bonchev–Trinajstić information content (AvgIpc) is 2.87. The molecular weight excluding hydrogens is 275 g/mol. The molecule has 0 spiro atoms. The molecule has 2 heterocycles. The second kappa shape index (κ2) is 4.91. The normalized spacial score (nSPS) is 11.4. The van der Waals surface area contributed by atoms with E-state index >= 15 is 0 Å². The lowest BCUT2D eigenvalue weighted by atomic mass is 9.96. The zero-order chi connectivity index (χ0) is 14.3. The molecule has 0 aliphatic heterocycles. The van der Waals surface area contributed by atoms with Crippen molar-refractivity contribution in [1.82, 2.24) is 9.38 Å². The van der Waals surface area contributed by atoms with Crippen molar-refractivity contribution in [3.8, 4) is 11.1 Å². The summed E-state index contributed by atoms with van der Waals surface area (Å²) in [6.45, 7) is 3.94. The Bertz CT molecular complexity index is 777. The second-order valence-corrected chi connectivity index (χ2v) is 5.47. The Morgan fingerprint density at radius 3 is 2.75 bits per heavy atom. The minimum Gasteiger partial charge on any atom is -0.307 e. The molecule has 2 nitrogen and oxygen atoms in total. The molecular formula is C16H14ClFN2. The van der Waals surface area contributed by atoms with Crippen molar-refractivity contribution >= 4 is 17.2 Å². The van der Waals surface area contributed by atoms with Gasteiger partial charge in [0.25, 0.3) is 0 Å². The number of imidazole rings is 1. The quantitative estimate of drug-likeness (QED) is 0.654. The number of hydrogen-bond acceptors (Lipinski definition) is 1. The van der Waals surface area contributed by atoms with Crippen LogP contribution in [0.1, 0.15) is 25.3 Å². The Kier molecular flexibility index (Phi) is 3.22. The Morgan fingerprint density at radius 2 is 2.00 bits per heavy atom. The van der Waals surface area contributed by atoms with Gasteiger partial charge >= 0.3 is 0 Å². The van der Waals surface area contributed by atoms with E-state index in [4.69, 9.17) is 11.6 Å². The first-order chi connectivity index (χ1) is 9.59. The Morgan fingerprint density at radius 1 is 1.20 bits per heavy atom. The highest BCUT2D eigenvalue weighted by molar-refractivity contribution is 6.34. The summed E-state index contributed by atoms with van der Waals surface area (Å²) in [5.74, 6) is -0.103. The summed E-state index contributed by atoms with van der Waals surface area (Å²) < 4.78 is 16.6. The molecule has 0 amide bonds. The number of halogens is 2. The maximum absolute atomic E-state index is 14.7. The van der Waals surface area contributed by atoms with Crippen molar-refractivity contribution in [3.05, 3.63) is 59.3 Å². The van der Waals surface area contributed by atoms with Crippen molar-refractivity contribution < 1.29 is 4.39 Å².